The van der Waals surface area contributed by atoms with Crippen molar-refractivity contribution in [2.24, 2.45) is 0 Å². The van der Waals surface area contributed by atoms with Gasteiger partial charge in [0, 0.05) is 49.5 Å². The van der Waals surface area contributed by atoms with E-state index in [2.05, 4.69) is 60.9 Å². The van der Waals surface area contributed by atoms with Gasteiger partial charge in [-0.2, -0.15) is 5.26 Å². The summed E-state index contributed by atoms with van der Waals surface area (Å²) in [4.78, 5) is 24.7. The minimum Gasteiger partial charge on any atom is -0.383 e. The van der Waals surface area contributed by atoms with Gasteiger partial charge >= 0.3 is 0 Å². The van der Waals surface area contributed by atoms with Crippen LogP contribution in [0.15, 0.2) is 67.0 Å². The SMILES string of the molecule is CCc1ccc2nc(-c3cccnc3N)n(-c3ccc(CN4CCC(Nc5ccnc(C#N)n5)CC4)cc3)c2n1. The van der Waals surface area contributed by atoms with Gasteiger partial charge in [0.1, 0.15) is 23.2 Å². The molecule has 40 heavy (non-hydrogen) atoms. The van der Waals surface area contributed by atoms with Crippen molar-refractivity contribution in [1.82, 2.24) is 34.4 Å². The highest BCUT2D eigenvalue weighted by Crippen LogP contribution is 2.30. The van der Waals surface area contributed by atoms with Gasteiger partial charge in [-0.15, -0.1) is 0 Å². The summed E-state index contributed by atoms with van der Waals surface area (Å²) in [5.41, 5.74) is 11.9. The molecule has 0 atom stereocenters. The summed E-state index contributed by atoms with van der Waals surface area (Å²) in [5.74, 6) is 2.07. The summed E-state index contributed by atoms with van der Waals surface area (Å²) in [6.07, 6.45) is 6.16. The van der Waals surface area contributed by atoms with Crippen LogP contribution in [0.25, 0.3) is 28.2 Å². The quantitative estimate of drug-likeness (QED) is 0.314. The lowest BCUT2D eigenvalue weighted by Gasteiger charge is -2.32. The van der Waals surface area contributed by atoms with Crippen molar-refractivity contribution < 1.29 is 0 Å². The van der Waals surface area contributed by atoms with E-state index in [9.17, 15) is 0 Å². The minimum atomic E-state index is 0.187. The highest BCUT2D eigenvalue weighted by atomic mass is 15.2. The van der Waals surface area contributed by atoms with Gasteiger partial charge < -0.3 is 11.1 Å². The second kappa shape index (κ2) is 11.1. The van der Waals surface area contributed by atoms with E-state index >= 15 is 0 Å². The number of nitriles is 1. The lowest BCUT2D eigenvalue weighted by molar-refractivity contribution is 0.211. The third-order valence-electron chi connectivity index (χ3n) is 7.30. The zero-order chi connectivity index (χ0) is 27.5. The van der Waals surface area contributed by atoms with Crippen LogP contribution in [0.3, 0.4) is 0 Å². The molecule has 0 radical (unpaired) electrons. The Kier molecular flexibility index (Phi) is 7.04. The van der Waals surface area contributed by atoms with Gasteiger partial charge in [0.05, 0.1) is 5.56 Å². The second-order valence-corrected chi connectivity index (χ2v) is 9.94. The summed E-state index contributed by atoms with van der Waals surface area (Å²) < 4.78 is 2.08. The van der Waals surface area contributed by atoms with E-state index in [0.717, 1.165) is 72.8 Å². The zero-order valence-electron chi connectivity index (χ0n) is 22.3. The predicted octanol–water partition coefficient (Wildman–Crippen LogP) is 4.37. The maximum Gasteiger partial charge on any atom is 0.234 e. The van der Waals surface area contributed by atoms with Crippen LogP contribution < -0.4 is 11.1 Å². The lowest BCUT2D eigenvalue weighted by atomic mass is 10.0. The monoisotopic (exact) mass is 530 g/mol. The third kappa shape index (κ3) is 5.19. The molecule has 0 unspecified atom stereocenters. The fraction of sp³-hybridized carbons (Fsp3) is 0.267. The molecule has 1 fully saturated rings. The van der Waals surface area contributed by atoms with Crippen molar-refractivity contribution in [3.05, 3.63) is 84.1 Å². The highest BCUT2D eigenvalue weighted by molar-refractivity contribution is 5.82. The van der Waals surface area contributed by atoms with Crippen LogP contribution in [0.5, 0.6) is 0 Å². The number of nitrogen functional groups attached to an aromatic ring is 1. The Bertz CT molecular complexity index is 1680. The first-order valence-electron chi connectivity index (χ1n) is 13.5. The van der Waals surface area contributed by atoms with Crippen molar-refractivity contribution in [2.75, 3.05) is 24.1 Å². The van der Waals surface area contributed by atoms with Crippen molar-refractivity contribution in [2.45, 2.75) is 38.8 Å². The molecule has 5 heterocycles. The third-order valence-corrected chi connectivity index (χ3v) is 7.30. The van der Waals surface area contributed by atoms with E-state index in [4.69, 9.17) is 21.0 Å². The van der Waals surface area contributed by atoms with Crippen LogP contribution >= 0.6 is 0 Å². The Balaban J connectivity index is 1.19. The largest absolute Gasteiger partial charge is 0.383 e. The predicted molar refractivity (Wildman–Crippen MR) is 155 cm³/mol. The molecule has 0 bridgehead atoms. The van der Waals surface area contributed by atoms with Crippen LogP contribution in [0, 0.1) is 11.3 Å². The fourth-order valence-electron chi connectivity index (χ4n) is 5.17. The van der Waals surface area contributed by atoms with Gasteiger partial charge in [-0.05, 0) is 67.3 Å². The summed E-state index contributed by atoms with van der Waals surface area (Å²) in [6.45, 7) is 4.94. The number of nitrogens with two attached hydrogens (primary N) is 1. The molecule has 1 aliphatic heterocycles. The molecule has 10 heteroatoms. The summed E-state index contributed by atoms with van der Waals surface area (Å²) >= 11 is 0. The van der Waals surface area contributed by atoms with Crippen LogP contribution in [0.1, 0.15) is 36.8 Å². The molecule has 0 amide bonds. The maximum absolute atomic E-state index is 9.03. The van der Waals surface area contributed by atoms with E-state index in [0.29, 0.717) is 17.7 Å². The summed E-state index contributed by atoms with van der Waals surface area (Å²) in [6, 6.07) is 20.6. The smallest absolute Gasteiger partial charge is 0.234 e. The first kappa shape index (κ1) is 25.4. The number of aromatic nitrogens is 6. The number of piperidine rings is 1. The van der Waals surface area contributed by atoms with Gasteiger partial charge in [0.25, 0.3) is 0 Å². The molecule has 3 N–H and O–H groups in total. The molecule has 6 rings (SSSR count). The van der Waals surface area contributed by atoms with Gasteiger partial charge in [-0.3, -0.25) is 9.47 Å². The molecular weight excluding hydrogens is 500 g/mol. The second-order valence-electron chi connectivity index (χ2n) is 9.94. The first-order valence-corrected chi connectivity index (χ1v) is 13.5. The molecule has 0 aliphatic carbocycles. The maximum atomic E-state index is 9.03. The Morgan fingerprint density at radius 1 is 0.975 bits per heavy atom. The van der Waals surface area contributed by atoms with Crippen molar-refractivity contribution in [3.8, 4) is 23.1 Å². The van der Waals surface area contributed by atoms with Crippen LogP contribution in [-0.2, 0) is 13.0 Å². The molecular formula is C30H30N10. The normalized spacial score (nSPS) is 14.3. The van der Waals surface area contributed by atoms with Crippen LogP contribution in [-0.4, -0.2) is 53.5 Å². The van der Waals surface area contributed by atoms with E-state index in [1.165, 1.54) is 5.56 Å². The summed E-state index contributed by atoms with van der Waals surface area (Å²) in [5, 5.41) is 12.5. The number of pyridine rings is 2. The number of benzene rings is 1. The number of imidazole rings is 1. The molecule has 1 aromatic carbocycles. The van der Waals surface area contributed by atoms with Crippen LogP contribution in [0.2, 0.25) is 0 Å². The average Bonchev–Trinajstić information content (AvgIpc) is 3.37. The number of nitrogens with zero attached hydrogens (tertiary/aromatic N) is 8. The standard InChI is InChI=1S/C30H30N10/c1-2-21-7-10-25-30(36-21)40(29(37-25)24-4-3-14-34-28(24)32)23-8-5-20(6-9-23)19-39-16-12-22(13-17-39)35-26-11-15-33-27(18-31)38-26/h3-11,14-15,22H,2,12-13,16-17,19H2,1H3,(H2,32,34)(H,33,35,38). The Labute approximate surface area is 232 Å². The number of rotatable bonds is 7. The number of nitrogens with one attached hydrogen (secondary N) is 1. The van der Waals surface area contributed by atoms with E-state index < -0.39 is 0 Å². The number of anilines is 2. The number of hydrogen-bond donors (Lipinski definition) is 2. The summed E-state index contributed by atoms with van der Waals surface area (Å²) in [7, 11) is 0. The molecule has 1 aliphatic rings. The van der Waals surface area contributed by atoms with Crippen LogP contribution in [0.4, 0.5) is 11.6 Å². The van der Waals surface area contributed by atoms with Gasteiger partial charge in [-0.1, -0.05) is 19.1 Å². The molecule has 1 saturated heterocycles. The Hall–Kier alpha value is -4.88. The fourth-order valence-corrected chi connectivity index (χ4v) is 5.17. The van der Waals surface area contributed by atoms with Gasteiger partial charge in [-0.25, -0.2) is 24.9 Å². The number of fused-ring (bicyclic) bond motifs is 1. The average molecular weight is 531 g/mol. The molecule has 200 valence electrons. The highest BCUT2D eigenvalue weighted by Gasteiger charge is 2.21. The molecule has 5 aromatic rings. The minimum absolute atomic E-state index is 0.187. The van der Waals surface area contributed by atoms with E-state index in [1.807, 2.05) is 36.4 Å². The molecule has 10 nitrogen and oxygen atoms in total. The van der Waals surface area contributed by atoms with Crippen molar-refractivity contribution in [1.29, 1.82) is 5.26 Å². The van der Waals surface area contributed by atoms with E-state index in [1.54, 1.807) is 12.4 Å². The van der Waals surface area contributed by atoms with Crippen molar-refractivity contribution in [3.63, 3.8) is 0 Å². The number of aryl methyl sites for hydroxylation is 1. The van der Waals surface area contributed by atoms with E-state index in [-0.39, 0.29) is 5.82 Å². The number of hydrogen-bond acceptors (Lipinski definition) is 9. The molecule has 0 spiro atoms. The number of likely N-dealkylation sites (tertiary alicyclic amines) is 1. The zero-order valence-corrected chi connectivity index (χ0v) is 22.3. The Morgan fingerprint density at radius 3 is 2.55 bits per heavy atom. The van der Waals surface area contributed by atoms with Gasteiger partial charge in [0.15, 0.2) is 11.5 Å². The molecule has 4 aromatic heterocycles. The topological polar surface area (TPSA) is 134 Å². The van der Waals surface area contributed by atoms with Crippen molar-refractivity contribution >= 4 is 22.8 Å². The van der Waals surface area contributed by atoms with Gasteiger partial charge in [0.2, 0.25) is 5.82 Å². The molecule has 0 saturated carbocycles. The Morgan fingerprint density at radius 2 is 1.80 bits per heavy atom. The first-order chi connectivity index (χ1) is 19.6. The lowest BCUT2D eigenvalue weighted by Crippen LogP contribution is -2.38.